The van der Waals surface area contributed by atoms with Gasteiger partial charge in [0.15, 0.2) is 0 Å². The van der Waals surface area contributed by atoms with Crippen molar-refractivity contribution in [1.82, 2.24) is 14.8 Å². The molecule has 2 heterocycles. The monoisotopic (exact) mass is 653 g/mol. The van der Waals surface area contributed by atoms with Gasteiger partial charge >= 0.3 is 6.09 Å². The van der Waals surface area contributed by atoms with E-state index in [1.54, 1.807) is 17.3 Å². The Hall–Kier alpha value is -3.56. The van der Waals surface area contributed by atoms with Crippen LogP contribution in [0.2, 0.25) is 5.02 Å². The second kappa shape index (κ2) is 13.4. The van der Waals surface area contributed by atoms with E-state index in [1.807, 2.05) is 32.9 Å². The number of carbonyl (C=O) groups is 2. The lowest BCUT2D eigenvalue weighted by Gasteiger charge is -2.41. The minimum Gasteiger partial charge on any atom is -0.465 e. The highest BCUT2D eigenvalue weighted by Crippen LogP contribution is 2.41. The lowest BCUT2D eigenvalue weighted by Crippen LogP contribution is -2.49. The van der Waals surface area contributed by atoms with Crippen molar-refractivity contribution in [3.8, 4) is 11.1 Å². The van der Waals surface area contributed by atoms with Gasteiger partial charge in [0.1, 0.15) is 16.5 Å². The van der Waals surface area contributed by atoms with Gasteiger partial charge in [-0.3, -0.25) is 9.78 Å². The van der Waals surface area contributed by atoms with E-state index in [-0.39, 0.29) is 49.9 Å². The third-order valence-corrected chi connectivity index (χ3v) is 10.2. The number of halogens is 3. The zero-order chi connectivity index (χ0) is 32.5. The third kappa shape index (κ3) is 7.15. The molecule has 0 aliphatic heterocycles. The molecule has 45 heavy (non-hydrogen) atoms. The number of rotatable bonds is 8. The number of aromatic nitrogens is 1. The van der Waals surface area contributed by atoms with Crippen molar-refractivity contribution in [2.24, 2.45) is 5.41 Å². The van der Waals surface area contributed by atoms with Gasteiger partial charge in [0.2, 0.25) is 0 Å². The Morgan fingerprint density at radius 1 is 0.933 bits per heavy atom. The summed E-state index contributed by atoms with van der Waals surface area (Å²) in [6.07, 6.45) is 5.64. The second-order valence-corrected chi connectivity index (χ2v) is 14.3. The van der Waals surface area contributed by atoms with Gasteiger partial charge < -0.3 is 14.9 Å². The van der Waals surface area contributed by atoms with Crippen LogP contribution in [0.25, 0.3) is 21.2 Å². The number of hydrogen-bond acceptors (Lipinski definition) is 4. The number of benzene rings is 2. The topological polar surface area (TPSA) is 73.7 Å². The maximum absolute atomic E-state index is 14.8. The molecular formula is C35H38ClF2N3O3S. The molecule has 1 fully saturated rings. The fraction of sp³-hybridized carbons (Fsp3) is 0.400. The molecule has 2 aromatic heterocycles. The van der Waals surface area contributed by atoms with Crippen molar-refractivity contribution in [2.45, 2.75) is 78.4 Å². The van der Waals surface area contributed by atoms with Crippen LogP contribution in [0.15, 0.2) is 54.9 Å². The van der Waals surface area contributed by atoms with Crippen molar-refractivity contribution in [1.29, 1.82) is 0 Å². The Kier molecular flexibility index (Phi) is 9.80. The van der Waals surface area contributed by atoms with Crippen LogP contribution in [-0.2, 0) is 13.0 Å². The van der Waals surface area contributed by atoms with Gasteiger partial charge in [0.05, 0.1) is 15.1 Å². The van der Waals surface area contributed by atoms with Crippen LogP contribution >= 0.6 is 22.9 Å². The third-order valence-electron chi connectivity index (χ3n) is 8.52. The van der Waals surface area contributed by atoms with Crippen LogP contribution in [-0.4, -0.2) is 50.5 Å². The number of nitrogens with zero attached hydrogens (tertiary/aromatic N) is 3. The van der Waals surface area contributed by atoms with Gasteiger partial charge in [-0.2, -0.15) is 0 Å². The Morgan fingerprint density at radius 2 is 1.56 bits per heavy atom. The average Bonchev–Trinajstić information content (AvgIpc) is 3.38. The molecule has 0 bridgehead atoms. The van der Waals surface area contributed by atoms with Gasteiger partial charge in [-0.05, 0) is 90.1 Å². The molecule has 4 aromatic rings. The SMILES string of the molecule is CCc1ccc(-c2ccncc2)cc1CN(C(=O)c1sc2c(F)ccc(F)c2c1Cl)C1CCC(N(CC(C)(C)C)C(=O)O)CC1. The van der Waals surface area contributed by atoms with Crippen LogP contribution in [0.5, 0.6) is 0 Å². The first-order valence-corrected chi connectivity index (χ1v) is 16.5. The highest BCUT2D eigenvalue weighted by atomic mass is 35.5. The summed E-state index contributed by atoms with van der Waals surface area (Å²) in [5, 5.41) is 9.83. The molecule has 5 rings (SSSR count). The summed E-state index contributed by atoms with van der Waals surface area (Å²) in [5.74, 6) is -1.69. The molecule has 1 N–H and O–H groups in total. The molecule has 0 atom stereocenters. The lowest BCUT2D eigenvalue weighted by molar-refractivity contribution is 0.0493. The van der Waals surface area contributed by atoms with Crippen LogP contribution in [0, 0.1) is 17.0 Å². The van der Waals surface area contributed by atoms with Crippen LogP contribution in [0.1, 0.15) is 74.2 Å². The second-order valence-electron chi connectivity index (χ2n) is 12.9. The fourth-order valence-electron chi connectivity index (χ4n) is 6.30. The minimum absolute atomic E-state index is 0.0141. The number of thiophene rings is 1. The number of aryl methyl sites for hydroxylation is 1. The first-order chi connectivity index (χ1) is 21.4. The molecule has 1 aliphatic rings. The maximum atomic E-state index is 14.8. The van der Waals surface area contributed by atoms with E-state index in [1.165, 1.54) is 4.90 Å². The van der Waals surface area contributed by atoms with Crippen molar-refractivity contribution in [3.63, 3.8) is 0 Å². The average molecular weight is 654 g/mol. The normalized spacial score (nSPS) is 17.0. The molecule has 0 saturated heterocycles. The predicted molar refractivity (Wildman–Crippen MR) is 176 cm³/mol. The van der Waals surface area contributed by atoms with E-state index in [0.29, 0.717) is 32.2 Å². The van der Waals surface area contributed by atoms with E-state index in [0.717, 1.165) is 52.1 Å². The number of carbonyl (C=O) groups excluding carboxylic acids is 1. The number of amides is 2. The van der Waals surface area contributed by atoms with Gasteiger partial charge in [-0.15, -0.1) is 11.3 Å². The van der Waals surface area contributed by atoms with E-state index in [2.05, 4.69) is 30.1 Å². The maximum Gasteiger partial charge on any atom is 0.407 e. The summed E-state index contributed by atoms with van der Waals surface area (Å²) in [4.78, 5) is 34.2. The number of pyridine rings is 1. The molecule has 0 radical (unpaired) electrons. The molecule has 2 amide bonds. The standard InChI is InChI=1S/C35H38ClF2N3O3S/c1-5-21-6-7-23(22-14-16-39-17-15-22)18-24(21)19-40(25-8-10-26(11-9-25)41(34(43)44)20-35(2,3)4)33(42)32-30(36)29-27(37)12-13-28(38)31(29)45-32/h6-7,12-18,25-26H,5,8-11,19-20H2,1-4H3,(H,43,44). The van der Waals surface area contributed by atoms with Crippen molar-refractivity contribution in [3.05, 3.63) is 87.5 Å². The highest BCUT2D eigenvalue weighted by molar-refractivity contribution is 7.21. The van der Waals surface area contributed by atoms with Gasteiger partial charge in [0, 0.05) is 37.6 Å². The van der Waals surface area contributed by atoms with Gasteiger partial charge in [-0.1, -0.05) is 51.4 Å². The van der Waals surface area contributed by atoms with E-state index in [9.17, 15) is 23.5 Å². The first-order valence-electron chi connectivity index (χ1n) is 15.3. The summed E-state index contributed by atoms with van der Waals surface area (Å²) in [6, 6.07) is 11.8. The molecular weight excluding hydrogens is 616 g/mol. The van der Waals surface area contributed by atoms with Crippen molar-refractivity contribution in [2.75, 3.05) is 6.54 Å². The molecule has 0 spiro atoms. The van der Waals surface area contributed by atoms with E-state index < -0.39 is 17.7 Å². The Labute approximate surface area is 271 Å². The summed E-state index contributed by atoms with van der Waals surface area (Å²) in [5.41, 5.74) is 3.84. The van der Waals surface area contributed by atoms with E-state index >= 15 is 0 Å². The van der Waals surface area contributed by atoms with Crippen molar-refractivity contribution < 1.29 is 23.5 Å². The summed E-state index contributed by atoms with van der Waals surface area (Å²) >= 11 is 7.49. The summed E-state index contributed by atoms with van der Waals surface area (Å²) in [6.45, 7) is 8.79. The quantitative estimate of drug-likeness (QED) is 0.206. The van der Waals surface area contributed by atoms with Crippen LogP contribution in [0.3, 0.4) is 0 Å². The molecule has 2 aromatic carbocycles. The van der Waals surface area contributed by atoms with Gasteiger partial charge in [-0.25, -0.2) is 13.6 Å². The molecule has 0 unspecified atom stereocenters. The Balaban J connectivity index is 1.52. The predicted octanol–water partition coefficient (Wildman–Crippen LogP) is 9.44. The van der Waals surface area contributed by atoms with Crippen LogP contribution in [0.4, 0.5) is 13.6 Å². The van der Waals surface area contributed by atoms with Crippen molar-refractivity contribution >= 4 is 45.0 Å². The van der Waals surface area contributed by atoms with E-state index in [4.69, 9.17) is 11.6 Å². The zero-order valence-corrected chi connectivity index (χ0v) is 27.5. The zero-order valence-electron chi connectivity index (χ0n) is 25.9. The molecule has 238 valence electrons. The molecule has 1 saturated carbocycles. The molecule has 6 nitrogen and oxygen atoms in total. The molecule has 10 heteroatoms. The summed E-state index contributed by atoms with van der Waals surface area (Å²) in [7, 11) is 0. The number of carboxylic acid groups (broad SMARTS) is 1. The largest absolute Gasteiger partial charge is 0.465 e. The lowest BCUT2D eigenvalue weighted by atomic mass is 9.87. The Morgan fingerprint density at radius 3 is 2.13 bits per heavy atom. The number of fused-ring (bicyclic) bond motifs is 1. The summed E-state index contributed by atoms with van der Waals surface area (Å²) < 4.78 is 29.5. The number of hydrogen-bond donors (Lipinski definition) is 1. The Bertz CT molecular complexity index is 1700. The highest BCUT2D eigenvalue weighted by Gasteiger charge is 2.36. The fourth-order valence-corrected chi connectivity index (χ4v) is 7.81. The smallest absolute Gasteiger partial charge is 0.407 e. The molecule has 1 aliphatic carbocycles. The minimum atomic E-state index is -0.942. The van der Waals surface area contributed by atoms with Crippen LogP contribution < -0.4 is 0 Å². The first kappa shape index (κ1) is 32.8. The van der Waals surface area contributed by atoms with Gasteiger partial charge in [0.25, 0.3) is 5.91 Å².